The highest BCUT2D eigenvalue weighted by molar-refractivity contribution is 7.99. The highest BCUT2D eigenvalue weighted by Gasteiger charge is 2.07. The molecule has 0 aliphatic heterocycles. The van der Waals surface area contributed by atoms with Crippen LogP contribution in [0.25, 0.3) is 0 Å². The second-order valence-corrected chi connectivity index (χ2v) is 6.16. The number of aromatic nitrogens is 2. The molecule has 0 bridgehead atoms. The molecule has 0 radical (unpaired) electrons. The van der Waals surface area contributed by atoms with Crippen molar-refractivity contribution in [3.63, 3.8) is 0 Å². The molecule has 0 aliphatic carbocycles. The van der Waals surface area contributed by atoms with Crippen LogP contribution in [0, 0.1) is 13.8 Å². The van der Waals surface area contributed by atoms with Crippen LogP contribution in [0.15, 0.2) is 29.4 Å². The van der Waals surface area contributed by atoms with Crippen molar-refractivity contribution >= 4 is 46.6 Å². The number of carbonyl (C=O) groups excluding carboxylic acids is 1. The number of hydrogen-bond acceptors (Lipinski definition) is 4. The average Bonchev–Trinajstić information content (AvgIpc) is 2.40. The summed E-state index contributed by atoms with van der Waals surface area (Å²) >= 11 is 13.0. The summed E-state index contributed by atoms with van der Waals surface area (Å²) in [6.45, 7) is 3.79. The average molecular weight is 342 g/mol. The summed E-state index contributed by atoms with van der Waals surface area (Å²) in [5, 5.41) is 4.20. The van der Waals surface area contributed by atoms with Crippen molar-refractivity contribution in [2.45, 2.75) is 19.0 Å². The Hall–Kier alpha value is -1.30. The largest absolute Gasteiger partial charge is 0.325 e. The van der Waals surface area contributed by atoms with E-state index in [9.17, 15) is 4.79 Å². The van der Waals surface area contributed by atoms with Crippen molar-refractivity contribution in [3.8, 4) is 0 Å². The van der Waals surface area contributed by atoms with E-state index in [1.54, 1.807) is 18.2 Å². The minimum Gasteiger partial charge on any atom is -0.325 e. The number of benzene rings is 1. The molecule has 1 heterocycles. The molecule has 4 nitrogen and oxygen atoms in total. The molecule has 0 unspecified atom stereocenters. The van der Waals surface area contributed by atoms with Gasteiger partial charge in [-0.15, -0.1) is 0 Å². The second-order valence-electron chi connectivity index (χ2n) is 4.40. The fraction of sp³-hybridized carbons (Fsp3) is 0.214. The lowest BCUT2D eigenvalue weighted by molar-refractivity contribution is -0.113. The predicted octanol–water partition coefficient (Wildman–Crippen LogP) is 4.13. The molecule has 1 aromatic carbocycles. The molecule has 110 valence electrons. The van der Waals surface area contributed by atoms with E-state index in [0.717, 1.165) is 11.4 Å². The molecule has 7 heteroatoms. The van der Waals surface area contributed by atoms with Crippen LogP contribution in [0.1, 0.15) is 11.4 Å². The molecule has 1 aromatic heterocycles. The molecule has 0 saturated heterocycles. The Bertz CT molecular complexity index is 659. The third-order valence-corrected chi connectivity index (χ3v) is 4.08. The third kappa shape index (κ3) is 4.88. The van der Waals surface area contributed by atoms with Crippen LogP contribution in [0.5, 0.6) is 0 Å². The van der Waals surface area contributed by atoms with Gasteiger partial charge >= 0.3 is 0 Å². The van der Waals surface area contributed by atoms with Gasteiger partial charge in [-0.3, -0.25) is 4.79 Å². The van der Waals surface area contributed by atoms with Crippen molar-refractivity contribution in [2.75, 3.05) is 11.1 Å². The van der Waals surface area contributed by atoms with Crippen LogP contribution in [-0.4, -0.2) is 21.6 Å². The van der Waals surface area contributed by atoms with E-state index in [0.29, 0.717) is 20.9 Å². The van der Waals surface area contributed by atoms with Gasteiger partial charge in [0.2, 0.25) is 5.91 Å². The lowest BCUT2D eigenvalue weighted by atomic mass is 10.3. The smallest absolute Gasteiger partial charge is 0.234 e. The molecule has 0 saturated carbocycles. The molecule has 0 aliphatic rings. The van der Waals surface area contributed by atoms with Crippen molar-refractivity contribution in [2.24, 2.45) is 0 Å². The van der Waals surface area contributed by atoms with E-state index >= 15 is 0 Å². The van der Waals surface area contributed by atoms with Gasteiger partial charge in [-0.1, -0.05) is 35.0 Å². The van der Waals surface area contributed by atoms with E-state index in [2.05, 4.69) is 15.3 Å². The SMILES string of the molecule is Cc1cc(C)nc(SCC(=O)Nc2ccc(Cl)c(Cl)c2)n1. The number of carbonyl (C=O) groups is 1. The number of aryl methyl sites for hydroxylation is 2. The summed E-state index contributed by atoms with van der Waals surface area (Å²) in [6, 6.07) is 6.84. The summed E-state index contributed by atoms with van der Waals surface area (Å²) in [5.41, 5.74) is 2.38. The first-order chi connectivity index (χ1) is 9.94. The normalized spacial score (nSPS) is 10.5. The molecule has 2 aromatic rings. The van der Waals surface area contributed by atoms with Gasteiger partial charge in [0.15, 0.2) is 5.16 Å². The van der Waals surface area contributed by atoms with Crippen molar-refractivity contribution < 1.29 is 4.79 Å². The van der Waals surface area contributed by atoms with E-state index < -0.39 is 0 Å². The summed E-state index contributed by atoms with van der Waals surface area (Å²) < 4.78 is 0. The van der Waals surface area contributed by atoms with Gasteiger partial charge in [0.25, 0.3) is 0 Å². The number of anilines is 1. The molecule has 0 fully saturated rings. The standard InChI is InChI=1S/C14H13Cl2N3OS/c1-8-5-9(2)18-14(17-8)21-7-13(20)19-10-3-4-11(15)12(16)6-10/h3-6H,7H2,1-2H3,(H,19,20). The van der Waals surface area contributed by atoms with Gasteiger partial charge < -0.3 is 5.32 Å². The van der Waals surface area contributed by atoms with Crippen molar-refractivity contribution in [1.29, 1.82) is 0 Å². The number of nitrogens with zero attached hydrogens (tertiary/aromatic N) is 2. The zero-order valence-electron chi connectivity index (χ0n) is 11.5. The molecule has 0 atom stereocenters. The predicted molar refractivity (Wildman–Crippen MR) is 87.3 cm³/mol. The van der Waals surface area contributed by atoms with Crippen molar-refractivity contribution in [3.05, 3.63) is 45.7 Å². The van der Waals surface area contributed by atoms with Crippen LogP contribution in [0.3, 0.4) is 0 Å². The second kappa shape index (κ2) is 7.11. The Labute approximate surface area is 137 Å². The Balaban J connectivity index is 1.94. The Morgan fingerprint density at radius 1 is 1.14 bits per heavy atom. The van der Waals surface area contributed by atoms with E-state index in [4.69, 9.17) is 23.2 Å². The summed E-state index contributed by atoms with van der Waals surface area (Å²) in [4.78, 5) is 20.4. The molecule has 21 heavy (non-hydrogen) atoms. The summed E-state index contributed by atoms with van der Waals surface area (Å²) in [7, 11) is 0. The number of thioether (sulfide) groups is 1. The van der Waals surface area contributed by atoms with Crippen LogP contribution >= 0.6 is 35.0 Å². The van der Waals surface area contributed by atoms with Gasteiger partial charge in [-0.2, -0.15) is 0 Å². The third-order valence-electron chi connectivity index (χ3n) is 2.50. The minimum atomic E-state index is -0.152. The minimum absolute atomic E-state index is 0.152. The number of halogens is 2. The van der Waals surface area contributed by atoms with E-state index in [-0.39, 0.29) is 11.7 Å². The van der Waals surface area contributed by atoms with Crippen LogP contribution < -0.4 is 5.32 Å². The maximum absolute atomic E-state index is 11.9. The van der Waals surface area contributed by atoms with Crippen LogP contribution in [0.2, 0.25) is 10.0 Å². The highest BCUT2D eigenvalue weighted by Crippen LogP contribution is 2.25. The van der Waals surface area contributed by atoms with Gasteiger partial charge in [0.05, 0.1) is 15.8 Å². The fourth-order valence-electron chi connectivity index (χ4n) is 1.66. The number of nitrogens with one attached hydrogen (secondary N) is 1. The monoisotopic (exact) mass is 341 g/mol. The summed E-state index contributed by atoms with van der Waals surface area (Å²) in [5.74, 6) is 0.0736. The van der Waals surface area contributed by atoms with Crippen LogP contribution in [0.4, 0.5) is 5.69 Å². The maximum Gasteiger partial charge on any atom is 0.234 e. The zero-order chi connectivity index (χ0) is 15.4. The topological polar surface area (TPSA) is 54.9 Å². The Morgan fingerprint density at radius 2 is 1.81 bits per heavy atom. The molecular formula is C14H13Cl2N3OS. The molecule has 0 spiro atoms. The fourth-order valence-corrected chi connectivity index (χ4v) is 2.71. The number of amides is 1. The lowest BCUT2D eigenvalue weighted by Crippen LogP contribution is -2.14. The quantitative estimate of drug-likeness (QED) is 0.670. The Morgan fingerprint density at radius 3 is 2.43 bits per heavy atom. The van der Waals surface area contributed by atoms with Gasteiger partial charge in [0.1, 0.15) is 0 Å². The first kappa shape index (κ1) is 16.1. The van der Waals surface area contributed by atoms with Gasteiger partial charge in [0, 0.05) is 17.1 Å². The van der Waals surface area contributed by atoms with E-state index in [1.165, 1.54) is 11.8 Å². The van der Waals surface area contributed by atoms with Crippen LogP contribution in [-0.2, 0) is 4.79 Å². The van der Waals surface area contributed by atoms with Crippen molar-refractivity contribution in [1.82, 2.24) is 9.97 Å². The lowest BCUT2D eigenvalue weighted by Gasteiger charge is -2.06. The molecule has 1 N–H and O–H groups in total. The zero-order valence-corrected chi connectivity index (χ0v) is 13.8. The van der Waals surface area contributed by atoms with E-state index in [1.807, 2.05) is 19.9 Å². The first-order valence-electron chi connectivity index (χ1n) is 6.14. The molecule has 1 amide bonds. The van der Waals surface area contributed by atoms with Gasteiger partial charge in [-0.25, -0.2) is 9.97 Å². The number of hydrogen-bond donors (Lipinski definition) is 1. The maximum atomic E-state index is 11.9. The first-order valence-corrected chi connectivity index (χ1v) is 7.88. The Kier molecular flexibility index (Phi) is 5.45. The highest BCUT2D eigenvalue weighted by atomic mass is 35.5. The molecule has 2 rings (SSSR count). The summed E-state index contributed by atoms with van der Waals surface area (Å²) in [6.07, 6.45) is 0. The molecular weight excluding hydrogens is 329 g/mol. The number of rotatable bonds is 4. The van der Waals surface area contributed by atoms with Gasteiger partial charge in [-0.05, 0) is 38.1 Å².